The Morgan fingerprint density at radius 1 is 1.06 bits per heavy atom. The molecule has 1 N–H and O–H groups in total. The fraction of sp³-hybridized carbons (Fsp3) is 0.138. The molecule has 0 bridgehead atoms. The molecule has 5 nitrogen and oxygen atoms in total. The van der Waals surface area contributed by atoms with Crippen LogP contribution in [0.5, 0.6) is 11.5 Å². The van der Waals surface area contributed by atoms with Gasteiger partial charge in [0.1, 0.15) is 22.8 Å². The second-order valence-electron chi connectivity index (χ2n) is 8.17. The van der Waals surface area contributed by atoms with Gasteiger partial charge in [-0.3, -0.25) is 4.79 Å². The van der Waals surface area contributed by atoms with E-state index in [1.807, 2.05) is 55.5 Å². The van der Waals surface area contributed by atoms with Gasteiger partial charge in [0, 0.05) is 29.7 Å². The molecule has 170 valence electrons. The van der Waals surface area contributed by atoms with Crippen LogP contribution in [-0.4, -0.2) is 24.1 Å². The van der Waals surface area contributed by atoms with Crippen LogP contribution in [0, 0.1) is 0 Å². The molecule has 0 radical (unpaired) electrons. The van der Waals surface area contributed by atoms with Gasteiger partial charge in [-0.15, -0.1) is 0 Å². The summed E-state index contributed by atoms with van der Waals surface area (Å²) >= 11 is 0. The number of ketones is 1. The number of carbonyl (C=O) groups excluding carboxylic acids is 1. The van der Waals surface area contributed by atoms with Crippen LogP contribution >= 0.6 is 0 Å². The summed E-state index contributed by atoms with van der Waals surface area (Å²) in [5.74, 6) is 1.74. The van der Waals surface area contributed by atoms with Crippen molar-refractivity contribution in [3.05, 3.63) is 102 Å². The zero-order valence-electron chi connectivity index (χ0n) is 18.8. The van der Waals surface area contributed by atoms with Gasteiger partial charge in [-0.25, -0.2) is 0 Å². The van der Waals surface area contributed by atoms with Crippen LogP contribution in [-0.2, 0) is 0 Å². The summed E-state index contributed by atoms with van der Waals surface area (Å²) in [6.45, 7) is 6.40. The first-order valence-electron chi connectivity index (χ1n) is 11.2. The Bertz CT molecular complexity index is 1430. The summed E-state index contributed by atoms with van der Waals surface area (Å²) in [6, 6.07) is 20.5. The summed E-state index contributed by atoms with van der Waals surface area (Å²) in [6.07, 6.45) is 2.41. The van der Waals surface area contributed by atoms with Crippen molar-refractivity contribution in [3.63, 3.8) is 0 Å². The predicted octanol–water partition coefficient (Wildman–Crippen LogP) is 6.40. The zero-order valence-corrected chi connectivity index (χ0v) is 18.8. The monoisotopic (exact) mass is 452 g/mol. The average molecular weight is 453 g/mol. The van der Waals surface area contributed by atoms with E-state index in [4.69, 9.17) is 19.0 Å². The van der Waals surface area contributed by atoms with Gasteiger partial charge >= 0.3 is 0 Å². The number of ether oxygens (including phenoxy) is 2. The van der Waals surface area contributed by atoms with E-state index >= 15 is 0 Å². The number of furan rings is 1. The number of aliphatic hydroxyl groups excluding tert-OH is 1. The Kier molecular flexibility index (Phi) is 5.78. The van der Waals surface area contributed by atoms with Gasteiger partial charge in [-0.05, 0) is 48.4 Å². The first-order valence-corrected chi connectivity index (χ1v) is 11.2. The van der Waals surface area contributed by atoms with E-state index in [2.05, 4.69) is 6.58 Å². The molecule has 3 aromatic carbocycles. The van der Waals surface area contributed by atoms with Gasteiger partial charge in [0.2, 0.25) is 5.78 Å². The summed E-state index contributed by atoms with van der Waals surface area (Å²) in [7, 11) is 0. The molecule has 34 heavy (non-hydrogen) atoms. The normalized spacial score (nSPS) is 12.8. The maximum Gasteiger partial charge on any atom is 0.229 e. The topological polar surface area (TPSA) is 68.9 Å². The molecular formula is C29H24O5. The van der Waals surface area contributed by atoms with Crippen LogP contribution in [0.3, 0.4) is 0 Å². The lowest BCUT2D eigenvalue weighted by atomic mass is 9.94. The number of aliphatic hydroxyl groups is 1. The summed E-state index contributed by atoms with van der Waals surface area (Å²) < 4.78 is 17.9. The maximum absolute atomic E-state index is 13.7. The van der Waals surface area contributed by atoms with Crippen LogP contribution < -0.4 is 9.47 Å². The molecule has 1 aromatic heterocycles. The highest BCUT2D eigenvalue weighted by atomic mass is 16.5. The number of hydrogen-bond donors (Lipinski definition) is 1. The van der Waals surface area contributed by atoms with Gasteiger partial charge < -0.3 is 19.0 Å². The SMILES string of the molecule is C=C1C=C(C)c2ccc3oc(C(=O)c4cccc(OCCCO)c4)c(-c4ccccc4)c3c2O1. The van der Waals surface area contributed by atoms with Crippen molar-refractivity contribution in [2.24, 2.45) is 0 Å². The Labute approximate surface area is 197 Å². The van der Waals surface area contributed by atoms with Crippen molar-refractivity contribution in [2.45, 2.75) is 13.3 Å². The molecular weight excluding hydrogens is 428 g/mol. The molecule has 0 spiro atoms. The van der Waals surface area contributed by atoms with Crippen molar-refractivity contribution >= 4 is 22.3 Å². The minimum Gasteiger partial charge on any atom is -0.493 e. The highest BCUT2D eigenvalue weighted by Crippen LogP contribution is 2.46. The summed E-state index contributed by atoms with van der Waals surface area (Å²) in [5, 5.41) is 9.74. The first-order chi connectivity index (χ1) is 16.6. The van der Waals surface area contributed by atoms with Crippen molar-refractivity contribution in [2.75, 3.05) is 13.2 Å². The Morgan fingerprint density at radius 2 is 1.88 bits per heavy atom. The quantitative estimate of drug-likeness (QED) is 0.259. The number of allylic oxidation sites excluding steroid dienone is 2. The summed E-state index contributed by atoms with van der Waals surface area (Å²) in [4.78, 5) is 13.7. The van der Waals surface area contributed by atoms with E-state index in [0.29, 0.717) is 47.0 Å². The largest absolute Gasteiger partial charge is 0.493 e. The number of benzene rings is 3. The van der Waals surface area contributed by atoms with Gasteiger partial charge in [0.15, 0.2) is 5.76 Å². The number of fused-ring (bicyclic) bond motifs is 3. The minimum atomic E-state index is -0.252. The second-order valence-corrected chi connectivity index (χ2v) is 8.17. The molecule has 1 aliphatic rings. The average Bonchev–Trinajstić information content (AvgIpc) is 3.24. The lowest BCUT2D eigenvalue weighted by Crippen LogP contribution is -2.04. The molecule has 0 saturated carbocycles. The fourth-order valence-electron chi connectivity index (χ4n) is 4.21. The molecule has 0 aliphatic carbocycles. The van der Waals surface area contributed by atoms with Crippen molar-refractivity contribution < 1.29 is 23.8 Å². The van der Waals surface area contributed by atoms with Crippen LogP contribution in [0.15, 0.2) is 89.6 Å². The Morgan fingerprint density at radius 3 is 2.68 bits per heavy atom. The lowest BCUT2D eigenvalue weighted by Gasteiger charge is -2.18. The van der Waals surface area contributed by atoms with E-state index in [1.54, 1.807) is 24.3 Å². The molecule has 5 heteroatoms. The van der Waals surface area contributed by atoms with Crippen LogP contribution in [0.25, 0.3) is 27.7 Å². The molecule has 0 atom stereocenters. The summed E-state index contributed by atoms with van der Waals surface area (Å²) in [5.41, 5.74) is 4.54. The van der Waals surface area contributed by atoms with Crippen LogP contribution in [0.1, 0.15) is 35.0 Å². The number of carbonyl (C=O) groups is 1. The zero-order chi connectivity index (χ0) is 23.7. The highest BCUT2D eigenvalue weighted by molar-refractivity contribution is 6.17. The second kappa shape index (κ2) is 9.04. The molecule has 1 aliphatic heterocycles. The molecule has 0 saturated heterocycles. The molecule has 0 unspecified atom stereocenters. The van der Waals surface area contributed by atoms with E-state index in [1.165, 1.54) is 0 Å². The third-order valence-corrected chi connectivity index (χ3v) is 5.78. The van der Waals surface area contributed by atoms with Crippen molar-refractivity contribution in [1.29, 1.82) is 0 Å². The smallest absolute Gasteiger partial charge is 0.229 e. The van der Waals surface area contributed by atoms with E-state index in [9.17, 15) is 4.79 Å². The standard InChI is InChI=1S/C29H24O5/c1-18-16-19(2)33-28-23(18)12-13-24-26(28)25(20-8-4-3-5-9-20)29(34-24)27(31)21-10-6-11-22(17-21)32-15-7-14-30/h3-6,8-13,16-17,30H,2,7,14-15H2,1H3. The molecule has 5 rings (SSSR count). The predicted molar refractivity (Wildman–Crippen MR) is 132 cm³/mol. The molecule has 2 heterocycles. The first kappa shape index (κ1) is 21.7. The van der Waals surface area contributed by atoms with Crippen molar-refractivity contribution in [3.8, 4) is 22.6 Å². The highest BCUT2D eigenvalue weighted by Gasteiger charge is 2.28. The Balaban J connectivity index is 1.69. The number of hydrogen-bond acceptors (Lipinski definition) is 5. The third-order valence-electron chi connectivity index (χ3n) is 5.78. The van der Waals surface area contributed by atoms with Crippen molar-refractivity contribution in [1.82, 2.24) is 0 Å². The van der Waals surface area contributed by atoms with E-state index < -0.39 is 0 Å². The third kappa shape index (κ3) is 3.91. The lowest BCUT2D eigenvalue weighted by molar-refractivity contribution is 0.101. The van der Waals surface area contributed by atoms with Gasteiger partial charge in [-0.2, -0.15) is 0 Å². The maximum atomic E-state index is 13.7. The van der Waals surface area contributed by atoms with Crippen LogP contribution in [0.2, 0.25) is 0 Å². The minimum absolute atomic E-state index is 0.0471. The Hall–Kier alpha value is -4.09. The molecule has 4 aromatic rings. The van der Waals surface area contributed by atoms with E-state index in [0.717, 1.165) is 22.1 Å². The molecule has 0 fully saturated rings. The van der Waals surface area contributed by atoms with Crippen LogP contribution in [0.4, 0.5) is 0 Å². The molecule has 0 amide bonds. The van der Waals surface area contributed by atoms with Gasteiger partial charge in [0.25, 0.3) is 0 Å². The van der Waals surface area contributed by atoms with Gasteiger partial charge in [0.05, 0.1) is 12.0 Å². The van der Waals surface area contributed by atoms with Gasteiger partial charge in [-0.1, -0.05) is 49.0 Å². The fourth-order valence-corrected chi connectivity index (χ4v) is 4.21. The van der Waals surface area contributed by atoms with E-state index in [-0.39, 0.29) is 18.2 Å². The number of rotatable bonds is 7.